The fourth-order valence-corrected chi connectivity index (χ4v) is 4.92. The van der Waals surface area contributed by atoms with E-state index in [9.17, 15) is 19.2 Å². The van der Waals surface area contributed by atoms with Gasteiger partial charge < -0.3 is 20.7 Å². The minimum absolute atomic E-state index is 0.105. The summed E-state index contributed by atoms with van der Waals surface area (Å²) in [4.78, 5) is 52.7. The number of amides is 3. The van der Waals surface area contributed by atoms with E-state index in [2.05, 4.69) is 21.3 Å². The average Bonchev–Trinajstić information content (AvgIpc) is 2.80. The number of esters is 1. The minimum Gasteiger partial charge on any atom is -0.466 e. The molecule has 10 nitrogen and oxygen atoms in total. The number of halogens is 1. The number of carbonyl (C=O) groups excluding carboxylic acids is 4. The molecule has 3 amide bonds. The van der Waals surface area contributed by atoms with Crippen LogP contribution in [0.3, 0.4) is 0 Å². The maximum atomic E-state index is 13.1. The van der Waals surface area contributed by atoms with Crippen LogP contribution in [0.1, 0.15) is 26.2 Å². The first kappa shape index (κ1) is 23.5. The second-order valence-corrected chi connectivity index (χ2v) is 8.92. The molecule has 4 rings (SSSR count). The van der Waals surface area contributed by atoms with E-state index in [-0.39, 0.29) is 30.1 Å². The van der Waals surface area contributed by atoms with Crippen LogP contribution in [0.4, 0.5) is 5.69 Å². The topological polar surface area (TPSA) is 129 Å². The van der Waals surface area contributed by atoms with Crippen molar-refractivity contribution >= 4 is 41.0 Å². The average molecular weight is 478 g/mol. The van der Waals surface area contributed by atoms with Gasteiger partial charge in [-0.05, 0) is 31.9 Å². The van der Waals surface area contributed by atoms with E-state index in [0.29, 0.717) is 30.4 Å². The van der Waals surface area contributed by atoms with Gasteiger partial charge in [0.25, 0.3) is 0 Å². The van der Waals surface area contributed by atoms with Crippen LogP contribution < -0.4 is 21.3 Å². The molecule has 0 radical (unpaired) electrons. The lowest BCUT2D eigenvalue weighted by Gasteiger charge is -2.47. The molecule has 3 saturated heterocycles. The lowest BCUT2D eigenvalue weighted by Crippen LogP contribution is -2.74. The molecule has 178 valence electrons. The predicted molar refractivity (Wildman–Crippen MR) is 120 cm³/mol. The van der Waals surface area contributed by atoms with Crippen LogP contribution in [0.2, 0.25) is 5.02 Å². The Labute approximate surface area is 196 Å². The van der Waals surface area contributed by atoms with Gasteiger partial charge in [0.2, 0.25) is 17.7 Å². The number of hydrogen-bond acceptors (Lipinski definition) is 7. The summed E-state index contributed by atoms with van der Waals surface area (Å²) >= 11 is 6.14. The van der Waals surface area contributed by atoms with Crippen LogP contribution in [0.25, 0.3) is 0 Å². The zero-order chi connectivity index (χ0) is 23.5. The molecule has 0 saturated carbocycles. The summed E-state index contributed by atoms with van der Waals surface area (Å²) in [5.74, 6) is -3.26. The number of likely N-dealkylation sites (tertiary alicyclic amines) is 1. The van der Waals surface area contributed by atoms with Crippen molar-refractivity contribution in [2.45, 2.75) is 38.6 Å². The van der Waals surface area contributed by atoms with Crippen LogP contribution >= 0.6 is 11.6 Å². The molecule has 4 N–H and O–H groups in total. The van der Waals surface area contributed by atoms with Gasteiger partial charge in [-0.3, -0.25) is 29.4 Å². The Morgan fingerprint density at radius 2 is 2.03 bits per heavy atom. The zero-order valence-electron chi connectivity index (χ0n) is 18.3. The summed E-state index contributed by atoms with van der Waals surface area (Å²) in [5, 5.41) is 12.1. The second-order valence-electron chi connectivity index (χ2n) is 8.51. The lowest BCUT2D eigenvalue weighted by atomic mass is 9.81. The summed E-state index contributed by atoms with van der Waals surface area (Å²) in [6, 6.07) is 6.79. The van der Waals surface area contributed by atoms with Gasteiger partial charge in [-0.25, -0.2) is 0 Å². The third-order valence-electron chi connectivity index (χ3n) is 6.34. The maximum Gasteiger partial charge on any atom is 0.310 e. The van der Waals surface area contributed by atoms with E-state index >= 15 is 0 Å². The second kappa shape index (κ2) is 10.1. The number of rotatable bonds is 5. The van der Waals surface area contributed by atoms with E-state index in [1.54, 1.807) is 31.2 Å². The van der Waals surface area contributed by atoms with Crippen molar-refractivity contribution in [3.63, 3.8) is 0 Å². The summed E-state index contributed by atoms with van der Waals surface area (Å²) < 4.78 is 5.15. The monoisotopic (exact) mass is 477 g/mol. The molecule has 5 atom stereocenters. The smallest absolute Gasteiger partial charge is 0.310 e. The molecule has 5 unspecified atom stereocenters. The number of hydrogen-bond donors (Lipinski definition) is 4. The molecule has 1 aromatic rings. The quantitative estimate of drug-likeness (QED) is 0.458. The van der Waals surface area contributed by atoms with E-state index in [0.717, 1.165) is 12.8 Å². The van der Waals surface area contributed by atoms with Gasteiger partial charge in [0, 0.05) is 19.5 Å². The molecule has 0 aliphatic carbocycles. The molecule has 3 aliphatic rings. The summed E-state index contributed by atoms with van der Waals surface area (Å²) in [6.07, 6.45) is 0.118. The maximum absolute atomic E-state index is 13.1. The number of piperidine rings is 2. The highest BCUT2D eigenvalue weighted by Gasteiger charge is 2.49. The minimum atomic E-state index is -0.859. The molecular weight excluding hydrogens is 450 g/mol. The molecule has 0 bridgehead atoms. The van der Waals surface area contributed by atoms with Gasteiger partial charge >= 0.3 is 5.97 Å². The first-order valence-corrected chi connectivity index (χ1v) is 11.6. The van der Waals surface area contributed by atoms with Crippen molar-refractivity contribution in [2.75, 3.05) is 25.0 Å². The Morgan fingerprint density at radius 1 is 1.24 bits per heavy atom. The van der Waals surface area contributed by atoms with E-state index in [1.165, 1.54) is 0 Å². The summed E-state index contributed by atoms with van der Waals surface area (Å²) in [7, 11) is 0. The molecule has 33 heavy (non-hydrogen) atoms. The number of para-hydroxylation sites is 1. The number of ether oxygens (including phenoxy) is 1. The van der Waals surface area contributed by atoms with Gasteiger partial charge in [0.1, 0.15) is 6.29 Å². The highest BCUT2D eigenvalue weighted by atomic mass is 35.5. The number of fused-ring (bicyclic) bond motifs is 1. The van der Waals surface area contributed by atoms with Gasteiger partial charge in [-0.1, -0.05) is 23.7 Å². The zero-order valence-corrected chi connectivity index (χ0v) is 19.1. The van der Waals surface area contributed by atoms with Gasteiger partial charge in [-0.2, -0.15) is 0 Å². The van der Waals surface area contributed by atoms with Crippen molar-refractivity contribution in [1.82, 2.24) is 20.9 Å². The number of nitrogens with zero attached hydrogens (tertiary/aromatic N) is 1. The largest absolute Gasteiger partial charge is 0.466 e. The Morgan fingerprint density at radius 3 is 2.79 bits per heavy atom. The molecule has 1 aromatic carbocycles. The van der Waals surface area contributed by atoms with Gasteiger partial charge in [0.15, 0.2) is 0 Å². The van der Waals surface area contributed by atoms with Crippen molar-refractivity contribution in [3.05, 3.63) is 29.3 Å². The van der Waals surface area contributed by atoms with Crippen molar-refractivity contribution in [3.8, 4) is 0 Å². The molecular formula is C22H28ClN5O5. The normalized spacial score (nSPS) is 29.9. The van der Waals surface area contributed by atoms with E-state index in [1.807, 2.05) is 4.90 Å². The SMILES string of the molecule is CCOC(=O)C1CCCN(C2NC(=O)C3C(NC(=O)CC3C(=O)Nc3ccccc3Cl)N2)C1. The fraction of sp³-hybridized carbons (Fsp3) is 0.545. The van der Waals surface area contributed by atoms with Crippen LogP contribution in [-0.2, 0) is 23.9 Å². The molecule has 0 spiro atoms. The van der Waals surface area contributed by atoms with Crippen LogP contribution in [0.15, 0.2) is 24.3 Å². The lowest BCUT2D eigenvalue weighted by molar-refractivity contribution is -0.152. The van der Waals surface area contributed by atoms with Gasteiger partial charge in [0.05, 0.1) is 41.2 Å². The predicted octanol–water partition coefficient (Wildman–Crippen LogP) is 0.635. The van der Waals surface area contributed by atoms with E-state index < -0.39 is 30.2 Å². The van der Waals surface area contributed by atoms with Crippen molar-refractivity contribution in [2.24, 2.45) is 17.8 Å². The van der Waals surface area contributed by atoms with Crippen molar-refractivity contribution < 1.29 is 23.9 Å². The standard InChI is InChI=1S/C22H28ClN5O5/c1-2-33-21(32)12-6-5-9-28(11-12)22-26-18-17(20(31)27-22)13(10-16(29)25-18)19(30)24-15-8-4-3-7-14(15)23/h3-4,7-8,12-13,17-18,22,26H,2,5-6,9-11H2,1H3,(H,24,30)(H,25,29)(H,27,31). The summed E-state index contributed by atoms with van der Waals surface area (Å²) in [6.45, 7) is 3.20. The molecule has 3 heterocycles. The first-order chi connectivity index (χ1) is 15.9. The molecule has 0 aromatic heterocycles. The third kappa shape index (κ3) is 5.13. The fourth-order valence-electron chi connectivity index (χ4n) is 4.74. The Bertz CT molecular complexity index is 944. The molecule has 3 aliphatic heterocycles. The van der Waals surface area contributed by atoms with Crippen LogP contribution in [0.5, 0.6) is 0 Å². The first-order valence-electron chi connectivity index (χ1n) is 11.2. The Hall–Kier alpha value is -2.69. The number of benzene rings is 1. The molecule has 3 fully saturated rings. The highest BCUT2D eigenvalue weighted by molar-refractivity contribution is 6.33. The summed E-state index contributed by atoms with van der Waals surface area (Å²) in [5.41, 5.74) is 0.423. The van der Waals surface area contributed by atoms with Crippen molar-refractivity contribution in [1.29, 1.82) is 0 Å². The molecule has 11 heteroatoms. The van der Waals surface area contributed by atoms with Crippen LogP contribution in [-0.4, -0.2) is 60.7 Å². The number of nitrogens with one attached hydrogen (secondary N) is 4. The highest BCUT2D eigenvalue weighted by Crippen LogP contribution is 2.30. The van der Waals surface area contributed by atoms with Gasteiger partial charge in [-0.15, -0.1) is 0 Å². The Balaban J connectivity index is 1.46. The van der Waals surface area contributed by atoms with Crippen LogP contribution in [0, 0.1) is 17.8 Å². The van der Waals surface area contributed by atoms with E-state index in [4.69, 9.17) is 16.3 Å². The Kier molecular flexibility index (Phi) is 7.16. The number of anilines is 1. The third-order valence-corrected chi connectivity index (χ3v) is 6.67. The number of carbonyl (C=O) groups is 4.